The van der Waals surface area contributed by atoms with Crippen molar-refractivity contribution in [3.63, 3.8) is 0 Å². The predicted molar refractivity (Wildman–Crippen MR) is 222 cm³/mol. The van der Waals surface area contributed by atoms with Crippen LogP contribution < -0.4 is 0 Å². The van der Waals surface area contributed by atoms with E-state index >= 15 is 0 Å². The standard InChI is InChI=1S/2C24H20O3S/c2*25-23(20-12-6-2-7-13-20)22(19-10-4-1-5-11-19)18-24(16-17-24)28(26,27)21-14-8-3-9-15-21/h2*1-15,18H,16-17H2/b2*22-18+. The molecule has 2 fully saturated rings. The van der Waals surface area contributed by atoms with Gasteiger partial charge in [0, 0.05) is 22.3 Å². The highest BCUT2D eigenvalue weighted by Crippen LogP contribution is 2.50. The van der Waals surface area contributed by atoms with E-state index in [1.54, 1.807) is 97.1 Å². The first kappa shape index (κ1) is 38.3. The van der Waals surface area contributed by atoms with Gasteiger partial charge >= 0.3 is 0 Å². The molecule has 2 aliphatic carbocycles. The van der Waals surface area contributed by atoms with E-state index in [9.17, 15) is 26.4 Å². The van der Waals surface area contributed by atoms with E-state index in [4.69, 9.17) is 0 Å². The lowest BCUT2D eigenvalue weighted by Gasteiger charge is -2.16. The van der Waals surface area contributed by atoms with Gasteiger partial charge in [0.05, 0.1) is 19.3 Å². The lowest BCUT2D eigenvalue weighted by Crippen LogP contribution is -2.22. The molecule has 0 spiro atoms. The maximum absolute atomic E-state index is 13.3. The Kier molecular flexibility index (Phi) is 11.0. The Hall–Kier alpha value is -5.96. The zero-order chi connectivity index (χ0) is 39.2. The number of allylic oxidation sites excluding steroid dienone is 2. The number of hydrogen-bond donors (Lipinski definition) is 0. The summed E-state index contributed by atoms with van der Waals surface area (Å²) in [5.41, 5.74) is 3.42. The molecule has 0 N–H and O–H groups in total. The quantitative estimate of drug-likeness (QED) is 0.0906. The molecule has 0 aliphatic heterocycles. The Morgan fingerprint density at radius 1 is 0.357 bits per heavy atom. The summed E-state index contributed by atoms with van der Waals surface area (Å²) in [7, 11) is -7.15. The molecule has 6 aromatic carbocycles. The topological polar surface area (TPSA) is 102 Å². The van der Waals surface area contributed by atoms with Gasteiger partial charge in [-0.15, -0.1) is 0 Å². The average Bonchev–Trinajstić information content (AvgIpc) is 4.21. The zero-order valence-corrected chi connectivity index (χ0v) is 32.2. The highest BCUT2D eigenvalue weighted by Gasteiger charge is 2.55. The summed E-state index contributed by atoms with van der Waals surface area (Å²) < 4.78 is 51.1. The largest absolute Gasteiger partial charge is 0.289 e. The fourth-order valence-electron chi connectivity index (χ4n) is 6.71. The second-order valence-corrected chi connectivity index (χ2v) is 18.6. The van der Waals surface area contributed by atoms with Crippen molar-refractivity contribution in [3.05, 3.63) is 216 Å². The number of carbonyl (C=O) groups excluding carboxylic acids is 2. The maximum atomic E-state index is 13.3. The van der Waals surface area contributed by atoms with E-state index < -0.39 is 29.2 Å². The monoisotopic (exact) mass is 776 g/mol. The number of Topliss-reactive ketones (excluding diaryl/α,β-unsaturated/α-hetero) is 2. The van der Waals surface area contributed by atoms with Crippen molar-refractivity contribution in [3.8, 4) is 0 Å². The van der Waals surface area contributed by atoms with Crippen molar-refractivity contribution in [2.45, 2.75) is 45.0 Å². The van der Waals surface area contributed by atoms with Crippen LogP contribution in [-0.4, -0.2) is 37.9 Å². The Labute approximate surface area is 328 Å². The number of hydrogen-bond acceptors (Lipinski definition) is 6. The SMILES string of the molecule is O=C(/C(=C/C1(S(=O)(=O)c2ccccc2)CC1)c1ccccc1)c1ccccc1.O=C(/C(=C/C1(S(=O)(=O)c2ccccc2)CC1)c1ccccc1)c1ccccc1. The van der Waals surface area contributed by atoms with E-state index in [0.717, 1.165) is 11.1 Å². The van der Waals surface area contributed by atoms with E-state index in [0.29, 0.717) is 57.7 Å². The molecular weight excluding hydrogens is 737 g/mol. The zero-order valence-electron chi connectivity index (χ0n) is 30.6. The third-order valence-corrected chi connectivity index (χ3v) is 15.2. The molecule has 0 amide bonds. The third-order valence-electron chi connectivity index (χ3n) is 10.2. The molecule has 0 heterocycles. The summed E-state index contributed by atoms with van der Waals surface area (Å²) in [5, 5.41) is 0. The first-order chi connectivity index (χ1) is 27.1. The summed E-state index contributed by atoms with van der Waals surface area (Å²) in [6.45, 7) is 0. The minimum atomic E-state index is -3.57. The molecule has 0 bridgehead atoms. The average molecular weight is 777 g/mol. The number of ketones is 2. The highest BCUT2D eigenvalue weighted by atomic mass is 32.2. The van der Waals surface area contributed by atoms with Gasteiger partial charge in [0.1, 0.15) is 0 Å². The van der Waals surface area contributed by atoms with E-state index in [1.807, 2.05) is 97.1 Å². The molecule has 0 aromatic heterocycles. The molecule has 0 atom stereocenters. The van der Waals surface area contributed by atoms with Crippen LogP contribution in [0.5, 0.6) is 0 Å². The van der Waals surface area contributed by atoms with Crippen LogP contribution in [0.2, 0.25) is 0 Å². The summed E-state index contributed by atoms with van der Waals surface area (Å²) in [5.74, 6) is -0.331. The van der Waals surface area contributed by atoms with Crippen LogP contribution in [0, 0.1) is 0 Å². The van der Waals surface area contributed by atoms with Crippen molar-refractivity contribution in [2.75, 3.05) is 0 Å². The van der Waals surface area contributed by atoms with Crippen molar-refractivity contribution in [1.82, 2.24) is 0 Å². The van der Waals surface area contributed by atoms with Crippen LogP contribution in [0.1, 0.15) is 57.5 Å². The first-order valence-electron chi connectivity index (χ1n) is 18.4. The van der Waals surface area contributed by atoms with Crippen LogP contribution in [0.15, 0.2) is 204 Å². The molecule has 2 aliphatic rings. The van der Waals surface area contributed by atoms with Gasteiger partial charge in [-0.3, -0.25) is 9.59 Å². The number of benzene rings is 6. The molecule has 56 heavy (non-hydrogen) atoms. The second kappa shape index (κ2) is 16.0. The van der Waals surface area contributed by atoms with Crippen LogP contribution >= 0.6 is 0 Å². The number of sulfone groups is 2. The Morgan fingerprint density at radius 2 is 0.589 bits per heavy atom. The number of carbonyl (C=O) groups is 2. The molecule has 6 nitrogen and oxygen atoms in total. The van der Waals surface area contributed by atoms with Crippen molar-refractivity contribution in [2.24, 2.45) is 0 Å². The summed E-state index contributed by atoms with van der Waals surface area (Å²) >= 11 is 0. The Morgan fingerprint density at radius 3 is 0.839 bits per heavy atom. The second-order valence-electron chi connectivity index (χ2n) is 14.0. The maximum Gasteiger partial charge on any atom is 0.193 e. The van der Waals surface area contributed by atoms with E-state index in [1.165, 1.54) is 0 Å². The molecule has 2 saturated carbocycles. The van der Waals surface area contributed by atoms with Crippen molar-refractivity contribution < 1.29 is 26.4 Å². The van der Waals surface area contributed by atoms with E-state index in [-0.39, 0.29) is 11.6 Å². The van der Waals surface area contributed by atoms with Gasteiger partial charge in [-0.05, 0) is 61.1 Å². The van der Waals surface area contributed by atoms with Gasteiger partial charge in [0.25, 0.3) is 0 Å². The lowest BCUT2D eigenvalue weighted by molar-refractivity contribution is 0.104. The van der Waals surface area contributed by atoms with Gasteiger partial charge in [-0.25, -0.2) is 16.8 Å². The van der Waals surface area contributed by atoms with E-state index in [2.05, 4.69) is 0 Å². The van der Waals surface area contributed by atoms with Gasteiger partial charge < -0.3 is 0 Å². The van der Waals surface area contributed by atoms with Gasteiger partial charge in [-0.1, -0.05) is 170 Å². The summed E-state index contributed by atoms with van der Waals surface area (Å²) in [4.78, 5) is 27.1. The Bertz CT molecular complexity index is 2410. The molecule has 0 unspecified atom stereocenters. The van der Waals surface area contributed by atoms with Crippen molar-refractivity contribution >= 4 is 42.4 Å². The first-order valence-corrected chi connectivity index (χ1v) is 21.4. The molecular formula is C48H40O6S2. The normalized spacial score (nSPS) is 15.8. The molecule has 8 rings (SSSR count). The van der Waals surface area contributed by atoms with Crippen LogP contribution in [-0.2, 0) is 19.7 Å². The van der Waals surface area contributed by atoms with Gasteiger partial charge in [0.2, 0.25) is 0 Å². The Balaban J connectivity index is 0.000000172. The molecule has 6 aromatic rings. The van der Waals surface area contributed by atoms with Crippen LogP contribution in [0.3, 0.4) is 0 Å². The van der Waals surface area contributed by atoms with Crippen LogP contribution in [0.25, 0.3) is 11.1 Å². The molecule has 0 saturated heterocycles. The molecule has 8 heteroatoms. The van der Waals surface area contributed by atoms with Crippen LogP contribution in [0.4, 0.5) is 0 Å². The van der Waals surface area contributed by atoms with Crippen molar-refractivity contribution in [1.29, 1.82) is 0 Å². The minimum Gasteiger partial charge on any atom is -0.289 e. The number of rotatable bonds is 12. The third kappa shape index (κ3) is 7.89. The molecule has 280 valence electrons. The summed E-state index contributed by atoms with van der Waals surface area (Å²) in [6, 6.07) is 53.4. The summed E-state index contributed by atoms with van der Waals surface area (Å²) in [6.07, 6.45) is 5.43. The van der Waals surface area contributed by atoms with Gasteiger partial charge in [0.15, 0.2) is 31.2 Å². The smallest absolute Gasteiger partial charge is 0.193 e. The predicted octanol–water partition coefficient (Wildman–Crippen LogP) is 9.92. The molecule has 0 radical (unpaired) electrons. The highest BCUT2D eigenvalue weighted by molar-refractivity contribution is 7.93. The lowest BCUT2D eigenvalue weighted by atomic mass is 9.95. The minimum absolute atomic E-state index is 0.165. The fraction of sp³-hybridized carbons (Fsp3) is 0.125. The van der Waals surface area contributed by atoms with Gasteiger partial charge in [-0.2, -0.15) is 0 Å². The fourth-order valence-corrected chi connectivity index (χ4v) is 10.5.